The molecule has 110 valence electrons. The summed E-state index contributed by atoms with van der Waals surface area (Å²) in [6, 6.07) is 3.04. The molecular weight excluding hydrogens is 280 g/mol. The Morgan fingerprint density at radius 2 is 2.20 bits per heavy atom. The normalized spacial score (nSPS) is 16.2. The van der Waals surface area contributed by atoms with Crippen LogP contribution in [0.1, 0.15) is 24.8 Å². The van der Waals surface area contributed by atoms with Gasteiger partial charge in [-0.3, -0.25) is 0 Å². The second-order valence-electron chi connectivity index (χ2n) is 5.19. The number of hydrogen-bond donors (Lipinski definition) is 3. The predicted molar refractivity (Wildman–Crippen MR) is 78.6 cm³/mol. The molecule has 2 rings (SSSR count). The maximum Gasteiger partial charge on any atom is 0.319 e. The first kappa shape index (κ1) is 14.9. The molecule has 0 bridgehead atoms. The molecule has 0 saturated heterocycles. The molecule has 20 heavy (non-hydrogen) atoms. The van der Waals surface area contributed by atoms with E-state index in [1.54, 1.807) is 12.1 Å². The van der Waals surface area contributed by atoms with Gasteiger partial charge in [0.1, 0.15) is 5.75 Å². The molecule has 3 N–H and O–H groups in total. The van der Waals surface area contributed by atoms with Crippen molar-refractivity contribution in [1.82, 2.24) is 5.32 Å². The van der Waals surface area contributed by atoms with Gasteiger partial charge in [-0.05, 0) is 37.8 Å². The van der Waals surface area contributed by atoms with Gasteiger partial charge in [0.15, 0.2) is 0 Å². The summed E-state index contributed by atoms with van der Waals surface area (Å²) in [6.07, 6.45) is 2.47. The fourth-order valence-electron chi connectivity index (χ4n) is 2.10. The molecule has 1 aliphatic carbocycles. The molecule has 0 spiro atoms. The van der Waals surface area contributed by atoms with Crippen LogP contribution in [-0.4, -0.2) is 30.4 Å². The highest BCUT2D eigenvalue weighted by Crippen LogP contribution is 2.32. The van der Waals surface area contributed by atoms with Gasteiger partial charge >= 0.3 is 6.03 Å². The molecule has 0 aromatic heterocycles. The Bertz CT molecular complexity index is 515. The summed E-state index contributed by atoms with van der Waals surface area (Å²) in [7, 11) is 1.52. The van der Waals surface area contributed by atoms with E-state index in [1.165, 1.54) is 7.11 Å². The third-order valence-electron chi connectivity index (χ3n) is 3.59. The van der Waals surface area contributed by atoms with Crippen LogP contribution in [-0.2, 0) is 0 Å². The monoisotopic (exact) mass is 298 g/mol. The minimum atomic E-state index is -0.739. The van der Waals surface area contributed by atoms with Gasteiger partial charge in [0.2, 0.25) is 0 Å². The second kappa shape index (κ2) is 5.89. The van der Waals surface area contributed by atoms with Crippen molar-refractivity contribution in [2.24, 2.45) is 0 Å². The van der Waals surface area contributed by atoms with Gasteiger partial charge in [-0.2, -0.15) is 0 Å². The molecule has 0 heterocycles. The molecule has 0 radical (unpaired) electrons. The van der Waals surface area contributed by atoms with Gasteiger partial charge in [-0.15, -0.1) is 0 Å². The average Bonchev–Trinajstić information content (AvgIpc) is 2.38. The minimum Gasteiger partial charge on any atom is -0.495 e. The molecule has 5 nitrogen and oxygen atoms in total. The van der Waals surface area contributed by atoms with E-state index in [2.05, 4.69) is 10.6 Å². The SMILES string of the molecule is COc1cc(Cl)c(C)cc1NC(=O)NCC1(O)CCC1. The largest absolute Gasteiger partial charge is 0.495 e. The van der Waals surface area contributed by atoms with Crippen molar-refractivity contribution in [2.75, 3.05) is 19.0 Å². The van der Waals surface area contributed by atoms with Crippen molar-refractivity contribution >= 4 is 23.3 Å². The number of halogens is 1. The molecule has 1 fully saturated rings. The topological polar surface area (TPSA) is 70.6 Å². The number of methoxy groups -OCH3 is 1. The average molecular weight is 299 g/mol. The summed E-state index contributed by atoms with van der Waals surface area (Å²) in [4.78, 5) is 11.8. The summed E-state index contributed by atoms with van der Waals surface area (Å²) < 4.78 is 5.18. The number of anilines is 1. The first-order valence-corrected chi connectivity index (χ1v) is 6.93. The number of nitrogens with one attached hydrogen (secondary N) is 2. The molecule has 1 aliphatic rings. The van der Waals surface area contributed by atoms with Crippen LogP contribution in [0.5, 0.6) is 5.75 Å². The maximum absolute atomic E-state index is 11.8. The van der Waals surface area contributed by atoms with Gasteiger partial charge < -0.3 is 20.5 Å². The Morgan fingerprint density at radius 1 is 1.50 bits per heavy atom. The van der Waals surface area contributed by atoms with Gasteiger partial charge in [0.25, 0.3) is 0 Å². The number of benzene rings is 1. The number of aryl methyl sites for hydroxylation is 1. The number of ether oxygens (including phenoxy) is 1. The Balaban J connectivity index is 1.98. The summed E-state index contributed by atoms with van der Waals surface area (Å²) >= 11 is 6.01. The Morgan fingerprint density at radius 3 is 2.75 bits per heavy atom. The number of hydrogen-bond acceptors (Lipinski definition) is 3. The third-order valence-corrected chi connectivity index (χ3v) is 4.00. The van der Waals surface area contributed by atoms with Crippen LogP contribution >= 0.6 is 11.6 Å². The fourth-order valence-corrected chi connectivity index (χ4v) is 2.26. The summed E-state index contributed by atoms with van der Waals surface area (Å²) in [5.41, 5.74) is 0.657. The smallest absolute Gasteiger partial charge is 0.319 e. The van der Waals surface area contributed by atoms with Crippen LogP contribution in [0, 0.1) is 6.92 Å². The fraction of sp³-hybridized carbons (Fsp3) is 0.500. The van der Waals surface area contributed by atoms with E-state index in [0.29, 0.717) is 16.5 Å². The molecule has 0 atom stereocenters. The lowest BCUT2D eigenvalue weighted by molar-refractivity contribution is -0.0287. The standard InChI is InChI=1S/C14H19ClN2O3/c1-9-6-11(12(20-2)7-10(9)15)17-13(18)16-8-14(19)4-3-5-14/h6-7,19H,3-5,8H2,1-2H3,(H2,16,17,18). The highest BCUT2D eigenvalue weighted by atomic mass is 35.5. The van der Waals surface area contributed by atoms with Gasteiger partial charge in [0, 0.05) is 17.6 Å². The number of amides is 2. The highest BCUT2D eigenvalue weighted by Gasteiger charge is 2.34. The van der Waals surface area contributed by atoms with Gasteiger partial charge in [-0.1, -0.05) is 11.6 Å². The lowest BCUT2D eigenvalue weighted by Gasteiger charge is -2.36. The number of rotatable bonds is 4. The quantitative estimate of drug-likeness (QED) is 0.800. The molecule has 0 aliphatic heterocycles. The Kier molecular flexibility index (Phi) is 4.40. The maximum atomic E-state index is 11.8. The minimum absolute atomic E-state index is 0.258. The van der Waals surface area contributed by atoms with Crippen LogP contribution < -0.4 is 15.4 Å². The first-order valence-electron chi connectivity index (χ1n) is 6.55. The van der Waals surface area contributed by atoms with Crippen molar-refractivity contribution in [1.29, 1.82) is 0 Å². The van der Waals surface area contributed by atoms with Crippen LogP contribution in [0.4, 0.5) is 10.5 Å². The molecule has 1 aromatic rings. The molecule has 1 saturated carbocycles. The lowest BCUT2D eigenvalue weighted by atomic mass is 9.80. The van der Waals surface area contributed by atoms with E-state index >= 15 is 0 Å². The lowest BCUT2D eigenvalue weighted by Crippen LogP contribution is -2.48. The zero-order chi connectivity index (χ0) is 14.8. The number of aliphatic hydroxyl groups is 1. The molecule has 2 amide bonds. The Labute approximate surface area is 123 Å². The molecule has 6 heteroatoms. The third kappa shape index (κ3) is 3.35. The van der Waals surface area contributed by atoms with E-state index in [4.69, 9.17) is 16.3 Å². The number of carbonyl (C=O) groups excluding carboxylic acids is 1. The second-order valence-corrected chi connectivity index (χ2v) is 5.59. The van der Waals surface area contributed by atoms with E-state index in [9.17, 15) is 9.90 Å². The zero-order valence-corrected chi connectivity index (χ0v) is 12.4. The van der Waals surface area contributed by atoms with E-state index in [1.807, 2.05) is 6.92 Å². The van der Waals surface area contributed by atoms with Crippen LogP contribution in [0.3, 0.4) is 0 Å². The summed E-state index contributed by atoms with van der Waals surface area (Å²) in [5, 5.41) is 15.9. The van der Waals surface area contributed by atoms with Crippen molar-refractivity contribution in [3.63, 3.8) is 0 Å². The van der Waals surface area contributed by atoms with Crippen LogP contribution in [0.2, 0.25) is 5.02 Å². The first-order chi connectivity index (χ1) is 9.43. The predicted octanol–water partition coefficient (Wildman–Crippen LogP) is 2.69. The van der Waals surface area contributed by atoms with Gasteiger partial charge in [0.05, 0.1) is 18.4 Å². The van der Waals surface area contributed by atoms with Crippen molar-refractivity contribution in [3.05, 3.63) is 22.7 Å². The zero-order valence-electron chi connectivity index (χ0n) is 11.6. The summed E-state index contributed by atoms with van der Waals surface area (Å²) in [6.45, 7) is 2.11. The van der Waals surface area contributed by atoms with Gasteiger partial charge in [-0.25, -0.2) is 4.79 Å². The van der Waals surface area contributed by atoms with Crippen molar-refractivity contribution < 1.29 is 14.6 Å². The van der Waals surface area contributed by atoms with Crippen LogP contribution in [0.15, 0.2) is 12.1 Å². The molecule has 1 aromatic carbocycles. The number of carbonyl (C=O) groups is 1. The van der Waals surface area contributed by atoms with Crippen LogP contribution in [0.25, 0.3) is 0 Å². The van der Waals surface area contributed by atoms with E-state index in [-0.39, 0.29) is 12.6 Å². The van der Waals surface area contributed by atoms with Crippen molar-refractivity contribution in [3.8, 4) is 5.75 Å². The summed E-state index contributed by atoms with van der Waals surface area (Å²) in [5.74, 6) is 0.498. The van der Waals surface area contributed by atoms with E-state index < -0.39 is 5.60 Å². The Hall–Kier alpha value is -1.46. The molecular formula is C14H19ClN2O3. The number of urea groups is 1. The van der Waals surface area contributed by atoms with Crippen molar-refractivity contribution in [2.45, 2.75) is 31.8 Å². The van der Waals surface area contributed by atoms with E-state index in [0.717, 1.165) is 24.8 Å². The molecule has 0 unspecified atom stereocenters. The highest BCUT2D eigenvalue weighted by molar-refractivity contribution is 6.31.